The standard InChI is InChI=1S/C20H29BrN6.HI/c1-2-22-20(25-16-9-10-26(13-16)18-5-3-4-6-18)23-11-17-14-27-12-15(21)7-8-19(27)24-17;/h7-8,12,14,16,18H,2-6,9-11,13H2,1H3,(H2,22,23,25);1H. The van der Waals surface area contributed by atoms with Crippen molar-refractivity contribution in [2.24, 2.45) is 4.99 Å². The van der Waals surface area contributed by atoms with E-state index in [0.717, 1.165) is 40.9 Å². The molecule has 1 saturated carbocycles. The van der Waals surface area contributed by atoms with Crippen molar-refractivity contribution in [1.82, 2.24) is 24.9 Å². The fourth-order valence-corrected chi connectivity index (χ4v) is 4.63. The van der Waals surface area contributed by atoms with Crippen molar-refractivity contribution in [2.75, 3.05) is 19.6 Å². The van der Waals surface area contributed by atoms with Crippen LogP contribution in [-0.4, -0.2) is 52.0 Å². The number of fused-ring (bicyclic) bond motifs is 1. The molecule has 3 heterocycles. The van der Waals surface area contributed by atoms with Crippen LogP contribution in [0.5, 0.6) is 0 Å². The van der Waals surface area contributed by atoms with Gasteiger partial charge in [-0.3, -0.25) is 4.90 Å². The van der Waals surface area contributed by atoms with Gasteiger partial charge in [0.05, 0.1) is 12.2 Å². The molecule has 1 atom stereocenters. The molecular formula is C20H30BrIN6. The third kappa shape index (κ3) is 5.38. The van der Waals surface area contributed by atoms with E-state index in [0.29, 0.717) is 12.6 Å². The van der Waals surface area contributed by atoms with Crippen LogP contribution in [0.1, 0.15) is 44.7 Å². The molecule has 0 radical (unpaired) electrons. The smallest absolute Gasteiger partial charge is 0.191 e. The van der Waals surface area contributed by atoms with E-state index in [-0.39, 0.29) is 24.0 Å². The first-order chi connectivity index (χ1) is 13.2. The van der Waals surface area contributed by atoms with Gasteiger partial charge in [-0.05, 0) is 54.2 Å². The summed E-state index contributed by atoms with van der Waals surface area (Å²) in [5, 5.41) is 7.02. The summed E-state index contributed by atoms with van der Waals surface area (Å²) in [6, 6.07) is 5.32. The van der Waals surface area contributed by atoms with Crippen LogP contribution >= 0.6 is 39.9 Å². The predicted molar refractivity (Wildman–Crippen MR) is 128 cm³/mol. The van der Waals surface area contributed by atoms with Crippen LogP contribution in [0.4, 0.5) is 0 Å². The number of guanidine groups is 1. The number of imidazole rings is 1. The second-order valence-electron chi connectivity index (χ2n) is 7.60. The first-order valence-corrected chi connectivity index (χ1v) is 10.9. The highest BCUT2D eigenvalue weighted by Gasteiger charge is 2.30. The second kappa shape index (κ2) is 10.2. The Morgan fingerprint density at radius 2 is 2.07 bits per heavy atom. The quantitative estimate of drug-likeness (QED) is 0.332. The van der Waals surface area contributed by atoms with Crippen LogP contribution in [0.25, 0.3) is 5.65 Å². The number of aliphatic imine (C=N–C) groups is 1. The molecular weight excluding hydrogens is 531 g/mol. The van der Waals surface area contributed by atoms with Gasteiger partial charge in [0.15, 0.2) is 5.96 Å². The zero-order chi connectivity index (χ0) is 18.6. The molecule has 2 aromatic heterocycles. The number of nitrogens with one attached hydrogen (secondary N) is 2. The molecule has 0 aromatic carbocycles. The number of rotatable bonds is 5. The molecule has 1 aliphatic heterocycles. The molecule has 8 heteroatoms. The molecule has 0 bridgehead atoms. The van der Waals surface area contributed by atoms with Gasteiger partial charge in [-0.2, -0.15) is 0 Å². The van der Waals surface area contributed by atoms with Gasteiger partial charge in [-0.15, -0.1) is 24.0 Å². The van der Waals surface area contributed by atoms with Crippen LogP contribution < -0.4 is 10.6 Å². The highest BCUT2D eigenvalue weighted by atomic mass is 127. The van der Waals surface area contributed by atoms with E-state index < -0.39 is 0 Å². The maximum absolute atomic E-state index is 4.78. The minimum atomic E-state index is 0. The van der Waals surface area contributed by atoms with Crippen molar-refractivity contribution in [3.63, 3.8) is 0 Å². The third-order valence-corrected chi connectivity index (χ3v) is 6.08. The zero-order valence-corrected chi connectivity index (χ0v) is 20.3. The number of hydrogen-bond acceptors (Lipinski definition) is 3. The Balaban J connectivity index is 0.00000225. The minimum Gasteiger partial charge on any atom is -0.357 e. The summed E-state index contributed by atoms with van der Waals surface area (Å²) in [5.74, 6) is 0.897. The fraction of sp³-hybridized carbons (Fsp3) is 0.600. The molecule has 4 rings (SSSR count). The lowest BCUT2D eigenvalue weighted by Crippen LogP contribution is -2.45. The second-order valence-corrected chi connectivity index (χ2v) is 8.52. The molecule has 1 saturated heterocycles. The van der Waals surface area contributed by atoms with Gasteiger partial charge in [-0.25, -0.2) is 9.98 Å². The van der Waals surface area contributed by atoms with Gasteiger partial charge in [0.1, 0.15) is 5.65 Å². The Morgan fingerprint density at radius 1 is 1.25 bits per heavy atom. The normalized spacial score (nSPS) is 21.2. The average Bonchev–Trinajstić information content (AvgIpc) is 3.39. The van der Waals surface area contributed by atoms with Gasteiger partial charge < -0.3 is 15.0 Å². The van der Waals surface area contributed by atoms with Crippen molar-refractivity contribution < 1.29 is 0 Å². The Labute approximate surface area is 192 Å². The van der Waals surface area contributed by atoms with Crippen LogP contribution in [0.15, 0.2) is 34.0 Å². The third-order valence-electron chi connectivity index (χ3n) is 5.61. The van der Waals surface area contributed by atoms with Crippen LogP contribution in [0.3, 0.4) is 0 Å². The monoisotopic (exact) mass is 560 g/mol. The van der Waals surface area contributed by atoms with Crippen molar-refractivity contribution in [3.8, 4) is 0 Å². The van der Waals surface area contributed by atoms with Crippen LogP contribution in [0, 0.1) is 0 Å². The largest absolute Gasteiger partial charge is 0.357 e. The summed E-state index contributed by atoms with van der Waals surface area (Å²) in [7, 11) is 0. The number of likely N-dealkylation sites (tertiary alicyclic amines) is 1. The molecule has 1 unspecified atom stereocenters. The number of nitrogens with zero attached hydrogens (tertiary/aromatic N) is 4. The van der Waals surface area contributed by atoms with E-state index >= 15 is 0 Å². The predicted octanol–water partition coefficient (Wildman–Crippen LogP) is 3.79. The molecule has 6 nitrogen and oxygen atoms in total. The highest BCUT2D eigenvalue weighted by Crippen LogP contribution is 2.26. The fourth-order valence-electron chi connectivity index (χ4n) is 4.27. The Kier molecular flexibility index (Phi) is 7.99. The lowest BCUT2D eigenvalue weighted by Gasteiger charge is -2.24. The van der Waals surface area contributed by atoms with E-state index in [4.69, 9.17) is 4.99 Å². The Morgan fingerprint density at radius 3 is 2.86 bits per heavy atom. The van der Waals surface area contributed by atoms with E-state index in [9.17, 15) is 0 Å². The van der Waals surface area contributed by atoms with Crippen LogP contribution in [0.2, 0.25) is 0 Å². The molecule has 1 aliphatic carbocycles. The summed E-state index contributed by atoms with van der Waals surface area (Å²) in [6.45, 7) is 5.90. The molecule has 154 valence electrons. The first kappa shape index (κ1) is 21.8. The lowest BCUT2D eigenvalue weighted by atomic mass is 10.2. The van der Waals surface area contributed by atoms with Crippen molar-refractivity contribution in [2.45, 2.75) is 57.7 Å². The SMILES string of the molecule is CCNC(=NCc1cn2cc(Br)ccc2n1)NC1CCN(C2CCCC2)C1.I. The topological polar surface area (TPSA) is 57.0 Å². The maximum atomic E-state index is 4.78. The summed E-state index contributed by atoms with van der Waals surface area (Å²) in [6.07, 6.45) is 10.8. The minimum absolute atomic E-state index is 0. The molecule has 0 spiro atoms. The van der Waals surface area contributed by atoms with Crippen molar-refractivity contribution in [1.29, 1.82) is 0 Å². The van der Waals surface area contributed by atoms with Gasteiger partial charge in [0.2, 0.25) is 0 Å². The Hall–Kier alpha value is -0.870. The summed E-state index contributed by atoms with van der Waals surface area (Å²) in [5.41, 5.74) is 1.92. The molecule has 2 N–H and O–H groups in total. The lowest BCUT2D eigenvalue weighted by molar-refractivity contribution is 0.242. The Bertz CT molecular complexity index is 801. The van der Waals surface area contributed by atoms with E-state index in [1.165, 1.54) is 38.6 Å². The molecule has 28 heavy (non-hydrogen) atoms. The average molecular weight is 561 g/mol. The maximum Gasteiger partial charge on any atom is 0.191 e. The molecule has 2 fully saturated rings. The number of aromatic nitrogens is 2. The van der Waals surface area contributed by atoms with E-state index in [1.54, 1.807) is 0 Å². The first-order valence-electron chi connectivity index (χ1n) is 10.1. The number of pyridine rings is 1. The van der Waals surface area contributed by atoms with Gasteiger partial charge in [0.25, 0.3) is 0 Å². The van der Waals surface area contributed by atoms with Gasteiger partial charge in [-0.1, -0.05) is 12.8 Å². The van der Waals surface area contributed by atoms with E-state index in [2.05, 4.69) is 43.4 Å². The summed E-state index contributed by atoms with van der Waals surface area (Å²) in [4.78, 5) is 12.1. The van der Waals surface area contributed by atoms with Gasteiger partial charge >= 0.3 is 0 Å². The summed E-state index contributed by atoms with van der Waals surface area (Å²) < 4.78 is 3.08. The summed E-state index contributed by atoms with van der Waals surface area (Å²) >= 11 is 3.50. The van der Waals surface area contributed by atoms with E-state index in [1.807, 2.05) is 28.9 Å². The zero-order valence-electron chi connectivity index (χ0n) is 16.4. The van der Waals surface area contributed by atoms with Gasteiger partial charge in [0, 0.05) is 48.6 Å². The van der Waals surface area contributed by atoms with Crippen LogP contribution in [-0.2, 0) is 6.54 Å². The molecule has 2 aliphatic rings. The number of hydrogen-bond donors (Lipinski definition) is 2. The molecule has 0 amide bonds. The van der Waals surface area contributed by atoms with Crippen molar-refractivity contribution in [3.05, 3.63) is 34.7 Å². The number of halogens is 2. The highest BCUT2D eigenvalue weighted by molar-refractivity contribution is 14.0. The van der Waals surface area contributed by atoms with Crippen molar-refractivity contribution >= 4 is 51.5 Å². The molecule has 2 aromatic rings.